The van der Waals surface area contributed by atoms with Crippen molar-refractivity contribution in [1.82, 2.24) is 0 Å². The van der Waals surface area contributed by atoms with E-state index < -0.39 is 6.43 Å². The SMILES string of the molecule is O=C1c2cc(C(F)F)ccc2CN1c1ccc2c(c1)CCC2. The molecule has 1 heterocycles. The van der Waals surface area contributed by atoms with Crippen molar-refractivity contribution in [2.45, 2.75) is 32.2 Å². The lowest BCUT2D eigenvalue weighted by Crippen LogP contribution is -2.23. The van der Waals surface area contributed by atoms with Crippen LogP contribution in [-0.4, -0.2) is 5.91 Å². The van der Waals surface area contributed by atoms with Crippen LogP contribution >= 0.6 is 0 Å². The van der Waals surface area contributed by atoms with Gasteiger partial charge in [0.2, 0.25) is 0 Å². The summed E-state index contributed by atoms with van der Waals surface area (Å²) < 4.78 is 25.6. The van der Waals surface area contributed by atoms with Gasteiger partial charge in [0.15, 0.2) is 0 Å². The third-order valence-electron chi connectivity index (χ3n) is 4.58. The zero-order chi connectivity index (χ0) is 15.3. The first-order chi connectivity index (χ1) is 10.6. The van der Waals surface area contributed by atoms with Gasteiger partial charge in [-0.15, -0.1) is 0 Å². The molecular formula is C18H15F2NO. The predicted octanol–water partition coefficient (Wildman–Crippen LogP) is 4.27. The highest BCUT2D eigenvalue weighted by atomic mass is 19.3. The molecule has 2 aromatic rings. The van der Waals surface area contributed by atoms with E-state index in [4.69, 9.17) is 0 Å². The lowest BCUT2D eigenvalue weighted by molar-refractivity contribution is 0.0996. The fraction of sp³-hybridized carbons (Fsp3) is 0.278. The van der Waals surface area contributed by atoms with Crippen molar-refractivity contribution in [2.24, 2.45) is 0 Å². The maximum absolute atomic E-state index is 12.8. The van der Waals surface area contributed by atoms with E-state index in [9.17, 15) is 13.6 Å². The van der Waals surface area contributed by atoms with Crippen LogP contribution in [0.1, 0.15) is 45.5 Å². The molecule has 0 fully saturated rings. The fourth-order valence-corrected chi connectivity index (χ4v) is 3.39. The van der Waals surface area contributed by atoms with Crippen LogP contribution in [0.15, 0.2) is 36.4 Å². The number of alkyl halides is 2. The summed E-state index contributed by atoms with van der Waals surface area (Å²) >= 11 is 0. The topological polar surface area (TPSA) is 20.3 Å². The summed E-state index contributed by atoms with van der Waals surface area (Å²) in [6, 6.07) is 10.5. The van der Waals surface area contributed by atoms with E-state index in [1.54, 1.807) is 11.0 Å². The second-order valence-corrected chi connectivity index (χ2v) is 5.92. The van der Waals surface area contributed by atoms with Gasteiger partial charge in [-0.1, -0.05) is 18.2 Å². The number of benzene rings is 2. The van der Waals surface area contributed by atoms with Gasteiger partial charge in [-0.3, -0.25) is 4.79 Å². The molecule has 1 aliphatic carbocycles. The van der Waals surface area contributed by atoms with Crippen molar-refractivity contribution in [3.05, 3.63) is 64.2 Å². The van der Waals surface area contributed by atoms with Crippen LogP contribution in [0.25, 0.3) is 0 Å². The van der Waals surface area contributed by atoms with Gasteiger partial charge < -0.3 is 4.90 Å². The monoisotopic (exact) mass is 299 g/mol. The molecule has 22 heavy (non-hydrogen) atoms. The Hall–Kier alpha value is -2.23. The van der Waals surface area contributed by atoms with E-state index >= 15 is 0 Å². The minimum absolute atomic E-state index is 0.0945. The lowest BCUT2D eigenvalue weighted by atomic mass is 10.1. The van der Waals surface area contributed by atoms with Gasteiger partial charge in [-0.25, -0.2) is 8.78 Å². The van der Waals surface area contributed by atoms with Crippen LogP contribution in [0.5, 0.6) is 0 Å². The number of halogens is 2. The molecule has 2 aliphatic rings. The molecule has 0 atom stereocenters. The first kappa shape index (κ1) is 13.4. The fourth-order valence-electron chi connectivity index (χ4n) is 3.39. The summed E-state index contributed by atoms with van der Waals surface area (Å²) in [6.45, 7) is 0.455. The minimum Gasteiger partial charge on any atom is -0.304 e. The van der Waals surface area contributed by atoms with Gasteiger partial charge in [0.05, 0.1) is 6.54 Å². The Labute approximate surface area is 127 Å². The molecule has 4 rings (SSSR count). The van der Waals surface area contributed by atoms with Crippen molar-refractivity contribution in [3.8, 4) is 0 Å². The van der Waals surface area contributed by atoms with Gasteiger partial charge in [-0.2, -0.15) is 0 Å². The van der Waals surface area contributed by atoms with Gasteiger partial charge in [0.1, 0.15) is 0 Å². The van der Waals surface area contributed by atoms with E-state index in [0.717, 1.165) is 30.5 Å². The smallest absolute Gasteiger partial charge is 0.263 e. The number of anilines is 1. The highest BCUT2D eigenvalue weighted by molar-refractivity contribution is 6.10. The van der Waals surface area contributed by atoms with E-state index in [1.165, 1.54) is 23.3 Å². The molecule has 112 valence electrons. The Morgan fingerprint density at radius 1 is 0.955 bits per heavy atom. The molecule has 2 nitrogen and oxygen atoms in total. The van der Waals surface area contributed by atoms with Crippen molar-refractivity contribution in [1.29, 1.82) is 0 Å². The summed E-state index contributed by atoms with van der Waals surface area (Å²) in [6.07, 6.45) is 0.757. The first-order valence-electron chi connectivity index (χ1n) is 7.48. The Kier molecular flexibility index (Phi) is 2.99. The molecule has 0 aromatic heterocycles. The molecule has 4 heteroatoms. The van der Waals surface area contributed by atoms with Gasteiger partial charge in [0.25, 0.3) is 12.3 Å². The largest absolute Gasteiger partial charge is 0.304 e. The van der Waals surface area contributed by atoms with Crippen molar-refractivity contribution in [3.63, 3.8) is 0 Å². The van der Waals surface area contributed by atoms with Crippen LogP contribution in [0.3, 0.4) is 0 Å². The molecule has 0 unspecified atom stereocenters. The number of carbonyl (C=O) groups is 1. The molecule has 0 N–H and O–H groups in total. The van der Waals surface area contributed by atoms with Crippen molar-refractivity contribution < 1.29 is 13.6 Å². The molecule has 0 radical (unpaired) electrons. The highest BCUT2D eigenvalue weighted by Gasteiger charge is 2.30. The number of rotatable bonds is 2. The van der Waals surface area contributed by atoms with Crippen LogP contribution in [0, 0.1) is 0 Å². The normalized spacial score (nSPS) is 16.3. The molecule has 1 amide bonds. The number of amides is 1. The third-order valence-corrected chi connectivity index (χ3v) is 4.58. The maximum atomic E-state index is 12.8. The molecular weight excluding hydrogens is 284 g/mol. The first-order valence-corrected chi connectivity index (χ1v) is 7.48. The predicted molar refractivity (Wildman–Crippen MR) is 80.4 cm³/mol. The minimum atomic E-state index is -2.55. The molecule has 0 bridgehead atoms. The highest BCUT2D eigenvalue weighted by Crippen LogP contribution is 2.33. The number of hydrogen-bond donors (Lipinski definition) is 0. The Balaban J connectivity index is 1.69. The summed E-state index contributed by atoms with van der Waals surface area (Å²) in [4.78, 5) is 14.2. The number of aryl methyl sites for hydroxylation is 2. The lowest BCUT2D eigenvalue weighted by Gasteiger charge is -2.17. The maximum Gasteiger partial charge on any atom is 0.263 e. The van der Waals surface area contributed by atoms with Gasteiger partial charge in [0, 0.05) is 16.8 Å². The summed E-state index contributed by atoms with van der Waals surface area (Å²) in [7, 11) is 0. The summed E-state index contributed by atoms with van der Waals surface area (Å²) in [5, 5.41) is 0. The second-order valence-electron chi connectivity index (χ2n) is 5.92. The number of nitrogens with zero attached hydrogens (tertiary/aromatic N) is 1. The molecule has 1 aliphatic heterocycles. The van der Waals surface area contributed by atoms with Gasteiger partial charge in [-0.05, 0) is 54.2 Å². The average molecular weight is 299 g/mol. The van der Waals surface area contributed by atoms with E-state index in [1.807, 2.05) is 6.07 Å². The molecule has 0 spiro atoms. The summed E-state index contributed by atoms with van der Waals surface area (Å²) in [5.74, 6) is -0.185. The molecule has 2 aromatic carbocycles. The van der Waals surface area contributed by atoms with E-state index in [-0.39, 0.29) is 11.5 Å². The quantitative estimate of drug-likeness (QED) is 0.811. The number of carbonyl (C=O) groups excluding carboxylic acids is 1. The number of fused-ring (bicyclic) bond motifs is 2. The summed E-state index contributed by atoms with van der Waals surface area (Å²) in [5.41, 5.74) is 4.64. The van der Waals surface area contributed by atoms with E-state index in [0.29, 0.717) is 12.1 Å². The van der Waals surface area contributed by atoms with E-state index in [2.05, 4.69) is 12.1 Å². The Morgan fingerprint density at radius 3 is 2.55 bits per heavy atom. The standard InChI is InChI=1S/C18H15F2NO/c19-17(20)13-4-5-14-10-21(18(22)16(14)9-13)15-7-6-11-2-1-3-12(11)8-15/h4-9,17H,1-3,10H2. The van der Waals surface area contributed by atoms with Gasteiger partial charge >= 0.3 is 0 Å². The van der Waals surface area contributed by atoms with Crippen LogP contribution in [0.4, 0.5) is 14.5 Å². The zero-order valence-electron chi connectivity index (χ0n) is 12.0. The Morgan fingerprint density at radius 2 is 1.73 bits per heavy atom. The number of hydrogen-bond acceptors (Lipinski definition) is 1. The van der Waals surface area contributed by atoms with Crippen LogP contribution < -0.4 is 4.90 Å². The second kappa shape index (κ2) is 4.90. The average Bonchev–Trinajstić information content (AvgIpc) is 3.11. The molecule has 0 saturated heterocycles. The third kappa shape index (κ3) is 2.02. The molecule has 0 saturated carbocycles. The Bertz CT molecular complexity index is 770. The van der Waals surface area contributed by atoms with Crippen molar-refractivity contribution in [2.75, 3.05) is 4.90 Å². The van der Waals surface area contributed by atoms with Crippen LogP contribution in [0.2, 0.25) is 0 Å². The zero-order valence-corrected chi connectivity index (χ0v) is 12.0. The van der Waals surface area contributed by atoms with Crippen LogP contribution in [-0.2, 0) is 19.4 Å². The van der Waals surface area contributed by atoms with Crippen molar-refractivity contribution >= 4 is 11.6 Å².